The average Bonchev–Trinajstić information content (AvgIpc) is 3.25. The quantitative estimate of drug-likeness (QED) is 0.663. The van der Waals surface area contributed by atoms with Crippen LogP contribution >= 0.6 is 0 Å². The largest absolute Gasteiger partial charge is 0.481 e. The number of carboxylic acid groups (broad SMARTS) is 1. The van der Waals surface area contributed by atoms with E-state index >= 15 is 0 Å². The van der Waals surface area contributed by atoms with E-state index in [9.17, 15) is 14.7 Å². The van der Waals surface area contributed by atoms with E-state index in [0.29, 0.717) is 25.2 Å². The number of carboxylic acids is 1. The van der Waals surface area contributed by atoms with Gasteiger partial charge in [0.15, 0.2) is 5.75 Å². The second-order valence-electron chi connectivity index (χ2n) is 6.08. The Morgan fingerprint density at radius 2 is 2.00 bits per heavy atom. The van der Waals surface area contributed by atoms with Crippen molar-refractivity contribution in [3.63, 3.8) is 0 Å². The molecule has 0 aliphatic carbocycles. The second kappa shape index (κ2) is 5.50. The fourth-order valence-electron chi connectivity index (χ4n) is 3.58. The summed E-state index contributed by atoms with van der Waals surface area (Å²) in [5.41, 5.74) is 1.70. The molecule has 0 radical (unpaired) electrons. The molecule has 2 bridgehead atoms. The molecule has 3 aliphatic heterocycles. The molecule has 3 heterocycles. The highest BCUT2D eigenvalue weighted by Gasteiger charge is 2.56. The molecule has 23 heavy (non-hydrogen) atoms. The maximum Gasteiger partial charge on any atom is 0.312 e. The number of aliphatic carboxylic acids is 1. The van der Waals surface area contributed by atoms with Gasteiger partial charge in [0.25, 0.3) is 0 Å². The maximum absolute atomic E-state index is 12.3. The molecule has 2 saturated heterocycles. The van der Waals surface area contributed by atoms with Crippen LogP contribution in [0.1, 0.15) is 24.0 Å². The summed E-state index contributed by atoms with van der Waals surface area (Å²) in [5.74, 6) is -2.42. The number of hydrogen-bond donors (Lipinski definition) is 1. The lowest BCUT2D eigenvalue weighted by Gasteiger charge is -2.23. The van der Waals surface area contributed by atoms with E-state index in [0.717, 1.165) is 11.1 Å². The molecule has 7 nitrogen and oxygen atoms in total. The highest BCUT2D eigenvalue weighted by Crippen LogP contribution is 2.44. The van der Waals surface area contributed by atoms with Crippen LogP contribution in [0.4, 0.5) is 0 Å². The van der Waals surface area contributed by atoms with Gasteiger partial charge in [-0.05, 0) is 24.5 Å². The molecule has 0 saturated carbocycles. The molecule has 0 spiro atoms. The van der Waals surface area contributed by atoms with E-state index in [1.807, 2.05) is 12.1 Å². The normalized spacial score (nSPS) is 30.8. The molecule has 1 aromatic carbocycles. The Bertz CT molecular complexity index is 656. The van der Waals surface area contributed by atoms with Crippen LogP contribution in [-0.2, 0) is 37.2 Å². The van der Waals surface area contributed by atoms with Crippen LogP contribution in [0.15, 0.2) is 18.2 Å². The third-order valence-electron chi connectivity index (χ3n) is 4.71. The van der Waals surface area contributed by atoms with Gasteiger partial charge in [0.2, 0.25) is 0 Å². The fourth-order valence-corrected chi connectivity index (χ4v) is 3.58. The number of fused-ring (bicyclic) bond motifs is 3. The summed E-state index contributed by atoms with van der Waals surface area (Å²) >= 11 is 0. The molecule has 1 aromatic rings. The summed E-state index contributed by atoms with van der Waals surface area (Å²) in [6.45, 7) is 0.466. The highest BCUT2D eigenvalue weighted by atomic mass is 17.2. The van der Waals surface area contributed by atoms with Crippen molar-refractivity contribution in [1.29, 1.82) is 0 Å². The highest BCUT2D eigenvalue weighted by molar-refractivity contribution is 5.83. The van der Waals surface area contributed by atoms with Gasteiger partial charge in [-0.1, -0.05) is 12.1 Å². The zero-order chi connectivity index (χ0) is 16.0. The Labute approximate surface area is 132 Å². The second-order valence-corrected chi connectivity index (χ2v) is 6.08. The van der Waals surface area contributed by atoms with Crippen molar-refractivity contribution in [3.8, 4) is 5.75 Å². The van der Waals surface area contributed by atoms with Crippen LogP contribution in [-0.4, -0.2) is 29.3 Å². The first kappa shape index (κ1) is 14.5. The lowest BCUT2D eigenvalue weighted by molar-refractivity contribution is -0.194. The lowest BCUT2D eigenvalue weighted by Crippen LogP contribution is -2.39. The van der Waals surface area contributed by atoms with Crippen LogP contribution in [0, 0.1) is 11.8 Å². The van der Waals surface area contributed by atoms with Crippen molar-refractivity contribution in [3.05, 3.63) is 29.3 Å². The fraction of sp³-hybridized carbons (Fsp3) is 0.500. The Kier molecular flexibility index (Phi) is 3.46. The number of carbonyl (C=O) groups excluding carboxylic acids is 1. The molecular weight excluding hydrogens is 304 g/mol. The van der Waals surface area contributed by atoms with E-state index in [4.69, 9.17) is 19.2 Å². The lowest BCUT2D eigenvalue weighted by atomic mass is 9.79. The molecular formula is C16H16O7. The van der Waals surface area contributed by atoms with Crippen LogP contribution in [0.5, 0.6) is 5.75 Å². The summed E-state index contributed by atoms with van der Waals surface area (Å²) in [4.78, 5) is 33.6. The Morgan fingerprint density at radius 3 is 2.78 bits per heavy atom. The number of benzene rings is 1. The van der Waals surface area contributed by atoms with Crippen molar-refractivity contribution in [1.82, 2.24) is 0 Å². The molecule has 7 heteroatoms. The zero-order valence-electron chi connectivity index (χ0n) is 12.3. The van der Waals surface area contributed by atoms with Gasteiger partial charge in [-0.3, -0.25) is 9.59 Å². The van der Waals surface area contributed by atoms with Crippen LogP contribution in [0.3, 0.4) is 0 Å². The minimum atomic E-state index is -0.998. The van der Waals surface area contributed by atoms with Gasteiger partial charge < -0.3 is 19.5 Å². The predicted molar refractivity (Wildman–Crippen MR) is 74.2 cm³/mol. The smallest absolute Gasteiger partial charge is 0.312 e. The number of hydrogen-bond acceptors (Lipinski definition) is 6. The van der Waals surface area contributed by atoms with Crippen molar-refractivity contribution in [2.45, 2.75) is 38.3 Å². The van der Waals surface area contributed by atoms with Crippen molar-refractivity contribution < 1.29 is 33.9 Å². The molecule has 0 amide bonds. The Morgan fingerprint density at radius 1 is 1.22 bits per heavy atom. The molecule has 4 rings (SSSR count). The molecule has 2 fully saturated rings. The number of carbonyl (C=O) groups is 2. The van der Waals surface area contributed by atoms with E-state index in [1.54, 1.807) is 6.07 Å². The minimum Gasteiger partial charge on any atom is -0.481 e. The van der Waals surface area contributed by atoms with Gasteiger partial charge >= 0.3 is 11.9 Å². The standard InChI is InChI=1S/C16H16O7/c17-15(18)13-10-3-4-11(22-10)14(13)16(19)20-6-8-1-2-9-7-21-23-12(9)5-8/h1-2,5,10-11,13-14H,3-4,6-7H2,(H,17,18). The number of ether oxygens (including phenoxy) is 2. The van der Waals surface area contributed by atoms with Gasteiger partial charge in [-0.2, -0.15) is 4.89 Å². The molecule has 1 N–H and O–H groups in total. The summed E-state index contributed by atoms with van der Waals surface area (Å²) in [7, 11) is 0. The third kappa shape index (κ3) is 2.46. The average molecular weight is 320 g/mol. The maximum atomic E-state index is 12.3. The predicted octanol–water partition coefficient (Wildman–Crippen LogP) is 1.43. The first-order valence-electron chi connectivity index (χ1n) is 7.59. The topological polar surface area (TPSA) is 91.3 Å². The van der Waals surface area contributed by atoms with E-state index in [1.165, 1.54) is 0 Å². The Hall–Kier alpha value is -2.12. The van der Waals surface area contributed by atoms with Crippen LogP contribution in [0.2, 0.25) is 0 Å². The summed E-state index contributed by atoms with van der Waals surface area (Å²) in [6.07, 6.45) is 0.678. The minimum absolute atomic E-state index is 0.0652. The molecule has 4 unspecified atom stereocenters. The number of esters is 1. The van der Waals surface area contributed by atoms with Gasteiger partial charge in [0.1, 0.15) is 13.2 Å². The summed E-state index contributed by atoms with van der Waals surface area (Å²) < 4.78 is 10.9. The van der Waals surface area contributed by atoms with Crippen molar-refractivity contribution in [2.24, 2.45) is 11.8 Å². The zero-order valence-corrected chi connectivity index (χ0v) is 12.3. The molecule has 122 valence electrons. The van der Waals surface area contributed by atoms with E-state index < -0.39 is 23.8 Å². The van der Waals surface area contributed by atoms with Gasteiger partial charge in [-0.25, -0.2) is 0 Å². The van der Waals surface area contributed by atoms with E-state index in [-0.39, 0.29) is 18.8 Å². The molecule has 3 aliphatic rings. The van der Waals surface area contributed by atoms with Gasteiger partial charge in [0, 0.05) is 5.56 Å². The number of rotatable bonds is 4. The van der Waals surface area contributed by atoms with Crippen molar-refractivity contribution in [2.75, 3.05) is 0 Å². The van der Waals surface area contributed by atoms with Crippen LogP contribution in [0.25, 0.3) is 0 Å². The van der Waals surface area contributed by atoms with Crippen molar-refractivity contribution >= 4 is 11.9 Å². The van der Waals surface area contributed by atoms with Gasteiger partial charge in [-0.15, -0.1) is 0 Å². The first-order chi connectivity index (χ1) is 11.1. The summed E-state index contributed by atoms with van der Waals surface area (Å²) in [5, 5.41) is 9.33. The summed E-state index contributed by atoms with van der Waals surface area (Å²) in [6, 6.07) is 5.43. The Balaban J connectivity index is 1.43. The van der Waals surface area contributed by atoms with Gasteiger partial charge in [0.05, 0.1) is 24.0 Å². The molecule has 0 aromatic heterocycles. The SMILES string of the molecule is O=C(O)C1C2CCC(O2)C1C(=O)OCc1ccc2c(c1)OOC2. The van der Waals surface area contributed by atoms with Crippen LogP contribution < -0.4 is 4.89 Å². The third-order valence-corrected chi connectivity index (χ3v) is 4.71. The molecule has 4 atom stereocenters. The first-order valence-corrected chi connectivity index (χ1v) is 7.59. The van der Waals surface area contributed by atoms with E-state index in [2.05, 4.69) is 0 Å². The monoisotopic (exact) mass is 320 g/mol.